The lowest BCUT2D eigenvalue weighted by atomic mass is 10.1. The second kappa shape index (κ2) is 4.50. The number of allylic oxidation sites excluding steroid dienone is 1. The average molecular weight is 195 g/mol. The smallest absolute Gasteiger partial charge is 0.246 e. The molecule has 0 bridgehead atoms. The molecular weight excluding hydrogens is 185 g/mol. The van der Waals surface area contributed by atoms with Crippen LogP contribution in [0.1, 0.15) is 18.9 Å². The Morgan fingerprint density at radius 2 is 2.21 bits per heavy atom. The Morgan fingerprint density at radius 3 is 2.71 bits per heavy atom. The minimum Gasteiger partial charge on any atom is -0.259 e. The van der Waals surface area contributed by atoms with E-state index in [0.29, 0.717) is 0 Å². The maximum Gasteiger partial charge on any atom is 0.246 e. The third-order valence-corrected chi connectivity index (χ3v) is 1.82. The summed E-state index contributed by atoms with van der Waals surface area (Å²) in [5, 5.41) is 10.5. The molecule has 0 amide bonds. The van der Waals surface area contributed by atoms with Crippen LogP contribution in [-0.4, -0.2) is 4.92 Å². The third kappa shape index (κ3) is 2.39. The van der Waals surface area contributed by atoms with Crippen LogP contribution >= 0.6 is 0 Å². The zero-order chi connectivity index (χ0) is 10.6. The molecule has 0 heterocycles. The topological polar surface area (TPSA) is 43.1 Å². The van der Waals surface area contributed by atoms with Gasteiger partial charge < -0.3 is 0 Å². The zero-order valence-corrected chi connectivity index (χ0v) is 7.74. The fourth-order valence-electron chi connectivity index (χ4n) is 1.06. The van der Waals surface area contributed by atoms with E-state index in [-0.39, 0.29) is 17.7 Å². The lowest BCUT2D eigenvalue weighted by molar-refractivity contribution is -0.425. The van der Waals surface area contributed by atoms with Crippen LogP contribution in [0.25, 0.3) is 6.08 Å². The molecule has 1 aromatic rings. The van der Waals surface area contributed by atoms with Gasteiger partial charge in [-0.3, -0.25) is 10.1 Å². The number of rotatable bonds is 3. The Kier molecular flexibility index (Phi) is 3.34. The molecule has 0 radical (unpaired) electrons. The molecule has 4 heteroatoms. The Balaban J connectivity index is 3.07. The highest BCUT2D eigenvalue weighted by molar-refractivity contribution is 5.51. The summed E-state index contributed by atoms with van der Waals surface area (Å²) < 4.78 is 13.1. The molecule has 0 saturated heterocycles. The number of halogens is 1. The molecule has 14 heavy (non-hydrogen) atoms. The number of hydrogen-bond donors (Lipinski definition) is 0. The van der Waals surface area contributed by atoms with Crippen molar-refractivity contribution in [1.82, 2.24) is 0 Å². The van der Waals surface area contributed by atoms with Crippen LogP contribution in [0.2, 0.25) is 0 Å². The Bertz CT molecular complexity index is 374. The maximum absolute atomic E-state index is 13.1. The molecule has 0 aromatic heterocycles. The quantitative estimate of drug-likeness (QED) is 0.549. The van der Waals surface area contributed by atoms with Gasteiger partial charge in [0, 0.05) is 18.1 Å². The zero-order valence-electron chi connectivity index (χ0n) is 7.74. The van der Waals surface area contributed by atoms with Crippen molar-refractivity contribution in [2.24, 2.45) is 0 Å². The number of benzene rings is 1. The van der Waals surface area contributed by atoms with E-state index in [0.717, 1.165) is 0 Å². The van der Waals surface area contributed by atoms with Crippen LogP contribution < -0.4 is 0 Å². The summed E-state index contributed by atoms with van der Waals surface area (Å²) in [6.07, 6.45) is 1.54. The highest BCUT2D eigenvalue weighted by Gasteiger charge is 2.08. The molecule has 0 unspecified atom stereocenters. The Hall–Kier alpha value is -1.71. The van der Waals surface area contributed by atoms with E-state index >= 15 is 0 Å². The van der Waals surface area contributed by atoms with Gasteiger partial charge in [-0.15, -0.1) is 0 Å². The number of nitrogens with zero attached hydrogens (tertiary/aromatic N) is 1. The van der Waals surface area contributed by atoms with Gasteiger partial charge in [-0.2, -0.15) is 0 Å². The first-order valence-corrected chi connectivity index (χ1v) is 4.24. The monoisotopic (exact) mass is 195 g/mol. The lowest BCUT2D eigenvalue weighted by Gasteiger charge is -1.96. The van der Waals surface area contributed by atoms with E-state index < -0.39 is 10.7 Å². The van der Waals surface area contributed by atoms with Crippen molar-refractivity contribution in [2.45, 2.75) is 13.3 Å². The van der Waals surface area contributed by atoms with Crippen molar-refractivity contribution >= 4 is 6.08 Å². The molecule has 0 N–H and O–H groups in total. The van der Waals surface area contributed by atoms with Gasteiger partial charge in [-0.25, -0.2) is 4.39 Å². The molecule has 0 atom stereocenters. The van der Waals surface area contributed by atoms with Gasteiger partial charge in [0.05, 0.1) is 4.92 Å². The van der Waals surface area contributed by atoms with E-state index in [4.69, 9.17) is 0 Å². The predicted octanol–water partition coefficient (Wildman–Crippen LogP) is 2.85. The Morgan fingerprint density at radius 1 is 1.57 bits per heavy atom. The molecule has 0 aliphatic rings. The second-order valence-corrected chi connectivity index (χ2v) is 2.77. The molecule has 0 aliphatic heterocycles. The van der Waals surface area contributed by atoms with Gasteiger partial charge in [0.1, 0.15) is 5.82 Å². The van der Waals surface area contributed by atoms with Crippen LogP contribution in [0.4, 0.5) is 4.39 Å². The van der Waals surface area contributed by atoms with E-state index in [1.165, 1.54) is 18.2 Å². The average Bonchev–Trinajstić information content (AvgIpc) is 2.16. The molecule has 0 aliphatic carbocycles. The van der Waals surface area contributed by atoms with E-state index in [2.05, 4.69) is 0 Å². The molecule has 0 spiro atoms. The molecule has 0 saturated carbocycles. The molecule has 3 nitrogen and oxygen atoms in total. The van der Waals surface area contributed by atoms with Crippen molar-refractivity contribution in [1.29, 1.82) is 0 Å². The fourth-order valence-corrected chi connectivity index (χ4v) is 1.06. The van der Waals surface area contributed by atoms with Crippen molar-refractivity contribution in [2.75, 3.05) is 0 Å². The first-order valence-electron chi connectivity index (χ1n) is 4.24. The Labute approximate surface area is 81.0 Å². The van der Waals surface area contributed by atoms with Gasteiger partial charge in [0.15, 0.2) is 0 Å². The lowest BCUT2D eigenvalue weighted by Crippen LogP contribution is -1.97. The summed E-state index contributed by atoms with van der Waals surface area (Å²) in [5.74, 6) is -0.444. The normalized spacial score (nSPS) is 11.4. The van der Waals surface area contributed by atoms with Crippen LogP contribution in [0.5, 0.6) is 0 Å². The molecular formula is C10H10FNO2. The van der Waals surface area contributed by atoms with Crippen LogP contribution in [0.15, 0.2) is 30.0 Å². The summed E-state index contributed by atoms with van der Waals surface area (Å²) in [6, 6.07) is 5.97. The number of hydrogen-bond acceptors (Lipinski definition) is 2. The fraction of sp³-hybridized carbons (Fsp3) is 0.200. The standard InChI is InChI=1S/C10H10FNO2/c1-2-9(12(13)14)7-8-5-3-4-6-10(8)11/h3-7H,2H2,1H3. The minimum absolute atomic E-state index is 0.00935. The second-order valence-electron chi connectivity index (χ2n) is 2.77. The van der Waals surface area contributed by atoms with Gasteiger partial charge >= 0.3 is 0 Å². The highest BCUT2D eigenvalue weighted by Crippen LogP contribution is 2.13. The first kappa shape index (κ1) is 10.4. The van der Waals surface area contributed by atoms with Crippen molar-refractivity contribution in [3.05, 3.63) is 51.5 Å². The molecule has 74 valence electrons. The van der Waals surface area contributed by atoms with Gasteiger partial charge in [-0.1, -0.05) is 25.1 Å². The van der Waals surface area contributed by atoms with Gasteiger partial charge in [-0.05, 0) is 6.07 Å². The van der Waals surface area contributed by atoms with E-state index in [1.54, 1.807) is 19.1 Å². The van der Waals surface area contributed by atoms with Crippen molar-refractivity contribution in [3.8, 4) is 0 Å². The molecule has 1 aromatic carbocycles. The molecule has 0 fully saturated rings. The number of nitro groups is 1. The van der Waals surface area contributed by atoms with Crippen LogP contribution in [0, 0.1) is 15.9 Å². The van der Waals surface area contributed by atoms with Crippen molar-refractivity contribution < 1.29 is 9.31 Å². The summed E-state index contributed by atoms with van der Waals surface area (Å²) in [7, 11) is 0. The van der Waals surface area contributed by atoms with E-state index in [9.17, 15) is 14.5 Å². The highest BCUT2D eigenvalue weighted by atomic mass is 19.1. The van der Waals surface area contributed by atoms with E-state index in [1.807, 2.05) is 0 Å². The summed E-state index contributed by atoms with van der Waals surface area (Å²) in [5.41, 5.74) is 0.260. The first-order chi connectivity index (χ1) is 6.65. The van der Waals surface area contributed by atoms with Crippen LogP contribution in [-0.2, 0) is 0 Å². The molecule has 1 rings (SSSR count). The van der Waals surface area contributed by atoms with Gasteiger partial charge in [0.25, 0.3) is 0 Å². The summed E-state index contributed by atoms with van der Waals surface area (Å²) >= 11 is 0. The predicted molar refractivity (Wildman–Crippen MR) is 51.7 cm³/mol. The SMILES string of the molecule is CCC(=Cc1ccccc1F)[N+](=O)[O-]. The van der Waals surface area contributed by atoms with Gasteiger partial charge in [0.2, 0.25) is 5.70 Å². The summed E-state index contributed by atoms with van der Waals surface area (Å²) in [6.45, 7) is 1.66. The minimum atomic E-state index is -0.494. The summed E-state index contributed by atoms with van der Waals surface area (Å²) in [4.78, 5) is 9.97. The van der Waals surface area contributed by atoms with Crippen molar-refractivity contribution in [3.63, 3.8) is 0 Å². The maximum atomic E-state index is 13.1. The van der Waals surface area contributed by atoms with Crippen LogP contribution in [0.3, 0.4) is 0 Å². The third-order valence-electron chi connectivity index (χ3n) is 1.82. The largest absolute Gasteiger partial charge is 0.259 e.